The molecule has 2 heteroatoms. The van der Waals surface area contributed by atoms with Crippen LogP contribution in [0.5, 0.6) is 0 Å². The molecule has 2 aliphatic carbocycles. The molecule has 0 spiro atoms. The first-order valence-corrected chi connectivity index (χ1v) is 8.00. The standard InChI is InChI=1S/C15H23NS/c1-2-5-16-15(10-14-4-3-6-17-14)13-8-11-7-12(11)9-13/h3-4,6,11-13,15-16H,2,5,7-10H2,1H3. The SMILES string of the molecule is CCCNC(Cc1cccs1)C1CC2CC2C1. The van der Waals surface area contributed by atoms with Gasteiger partial charge >= 0.3 is 0 Å². The van der Waals surface area contributed by atoms with Crippen molar-refractivity contribution in [2.45, 2.75) is 45.1 Å². The summed E-state index contributed by atoms with van der Waals surface area (Å²) in [5.74, 6) is 3.16. The van der Waals surface area contributed by atoms with E-state index < -0.39 is 0 Å². The molecule has 2 saturated carbocycles. The van der Waals surface area contributed by atoms with Gasteiger partial charge in [0, 0.05) is 10.9 Å². The molecule has 2 aliphatic rings. The Bertz CT molecular complexity index is 336. The molecule has 1 heterocycles. The van der Waals surface area contributed by atoms with E-state index >= 15 is 0 Å². The van der Waals surface area contributed by atoms with E-state index in [4.69, 9.17) is 0 Å². The summed E-state index contributed by atoms with van der Waals surface area (Å²) in [5, 5.41) is 6.00. The molecule has 1 nitrogen and oxygen atoms in total. The van der Waals surface area contributed by atoms with Crippen molar-refractivity contribution in [1.82, 2.24) is 5.32 Å². The number of hydrogen-bond donors (Lipinski definition) is 1. The van der Waals surface area contributed by atoms with Crippen LogP contribution in [-0.2, 0) is 6.42 Å². The van der Waals surface area contributed by atoms with Gasteiger partial charge in [0.15, 0.2) is 0 Å². The predicted molar refractivity (Wildman–Crippen MR) is 74.4 cm³/mol. The summed E-state index contributed by atoms with van der Waals surface area (Å²) >= 11 is 1.92. The molecular formula is C15H23NS. The molecule has 2 fully saturated rings. The van der Waals surface area contributed by atoms with Gasteiger partial charge in [0.2, 0.25) is 0 Å². The summed E-state index contributed by atoms with van der Waals surface area (Å²) in [4.78, 5) is 1.55. The van der Waals surface area contributed by atoms with E-state index in [2.05, 4.69) is 29.8 Å². The van der Waals surface area contributed by atoms with E-state index in [1.807, 2.05) is 11.3 Å². The lowest BCUT2D eigenvalue weighted by Crippen LogP contribution is -2.37. The van der Waals surface area contributed by atoms with Crippen molar-refractivity contribution >= 4 is 11.3 Å². The maximum absolute atomic E-state index is 3.80. The Balaban J connectivity index is 1.59. The minimum absolute atomic E-state index is 0.737. The van der Waals surface area contributed by atoms with E-state index in [1.165, 1.54) is 38.6 Å². The van der Waals surface area contributed by atoms with Gasteiger partial charge in [0.1, 0.15) is 0 Å². The number of rotatable bonds is 6. The third-order valence-corrected chi connectivity index (χ3v) is 5.41. The van der Waals surface area contributed by atoms with Gasteiger partial charge in [-0.1, -0.05) is 13.0 Å². The van der Waals surface area contributed by atoms with Crippen LogP contribution in [0, 0.1) is 17.8 Å². The van der Waals surface area contributed by atoms with Crippen molar-refractivity contribution in [2.24, 2.45) is 17.8 Å². The molecule has 1 aromatic rings. The molecule has 17 heavy (non-hydrogen) atoms. The normalized spacial score (nSPS) is 32.4. The fourth-order valence-corrected chi connectivity index (χ4v) is 4.24. The first kappa shape index (κ1) is 11.7. The summed E-state index contributed by atoms with van der Waals surface area (Å²) < 4.78 is 0. The van der Waals surface area contributed by atoms with Crippen LogP contribution in [0.15, 0.2) is 17.5 Å². The Kier molecular flexibility index (Phi) is 3.53. The minimum atomic E-state index is 0.737. The first-order valence-electron chi connectivity index (χ1n) is 7.12. The second kappa shape index (κ2) is 5.11. The molecule has 3 unspecified atom stereocenters. The molecule has 3 rings (SSSR count). The zero-order valence-corrected chi connectivity index (χ0v) is 11.5. The lowest BCUT2D eigenvalue weighted by atomic mass is 9.91. The fourth-order valence-electron chi connectivity index (χ4n) is 3.47. The van der Waals surface area contributed by atoms with Gasteiger partial charge in [-0.15, -0.1) is 11.3 Å². The highest BCUT2D eigenvalue weighted by molar-refractivity contribution is 7.09. The van der Waals surface area contributed by atoms with Crippen molar-refractivity contribution in [2.75, 3.05) is 6.54 Å². The third-order valence-electron chi connectivity index (χ3n) is 4.51. The van der Waals surface area contributed by atoms with Crippen molar-refractivity contribution in [1.29, 1.82) is 0 Å². The maximum Gasteiger partial charge on any atom is 0.0144 e. The Morgan fingerprint density at radius 1 is 1.35 bits per heavy atom. The Labute approximate surface area is 109 Å². The van der Waals surface area contributed by atoms with Crippen LogP contribution in [0.1, 0.15) is 37.5 Å². The van der Waals surface area contributed by atoms with Crippen LogP contribution >= 0.6 is 11.3 Å². The largest absolute Gasteiger partial charge is 0.313 e. The van der Waals surface area contributed by atoms with Crippen LogP contribution in [0.25, 0.3) is 0 Å². The van der Waals surface area contributed by atoms with Gasteiger partial charge in [-0.2, -0.15) is 0 Å². The lowest BCUT2D eigenvalue weighted by molar-refractivity contribution is 0.333. The highest BCUT2D eigenvalue weighted by Crippen LogP contribution is 2.55. The van der Waals surface area contributed by atoms with E-state index in [-0.39, 0.29) is 0 Å². The van der Waals surface area contributed by atoms with Crippen molar-refractivity contribution in [3.63, 3.8) is 0 Å². The smallest absolute Gasteiger partial charge is 0.0144 e. The van der Waals surface area contributed by atoms with Crippen LogP contribution in [-0.4, -0.2) is 12.6 Å². The van der Waals surface area contributed by atoms with Gasteiger partial charge < -0.3 is 5.32 Å². The minimum Gasteiger partial charge on any atom is -0.313 e. The molecule has 0 radical (unpaired) electrons. The Morgan fingerprint density at radius 3 is 2.82 bits per heavy atom. The molecular weight excluding hydrogens is 226 g/mol. The summed E-state index contributed by atoms with van der Waals surface area (Å²) in [6.45, 7) is 3.45. The summed E-state index contributed by atoms with van der Waals surface area (Å²) in [7, 11) is 0. The van der Waals surface area contributed by atoms with Crippen molar-refractivity contribution < 1.29 is 0 Å². The third kappa shape index (κ3) is 2.74. The van der Waals surface area contributed by atoms with Gasteiger partial charge in [0.05, 0.1) is 0 Å². The maximum atomic E-state index is 3.80. The average Bonchev–Trinajstić information content (AvgIpc) is 2.80. The van der Waals surface area contributed by atoms with E-state index in [1.54, 1.807) is 4.88 Å². The van der Waals surface area contributed by atoms with Crippen molar-refractivity contribution in [3.05, 3.63) is 22.4 Å². The van der Waals surface area contributed by atoms with Gasteiger partial charge in [-0.25, -0.2) is 0 Å². The quantitative estimate of drug-likeness (QED) is 0.810. The number of thiophene rings is 1. The molecule has 94 valence electrons. The topological polar surface area (TPSA) is 12.0 Å². The molecule has 0 bridgehead atoms. The molecule has 0 saturated heterocycles. The average molecular weight is 249 g/mol. The highest BCUT2D eigenvalue weighted by Gasteiger charge is 2.47. The van der Waals surface area contributed by atoms with Crippen LogP contribution in [0.4, 0.5) is 0 Å². The highest BCUT2D eigenvalue weighted by atomic mass is 32.1. The predicted octanol–water partition coefficient (Wildman–Crippen LogP) is 3.70. The zero-order valence-electron chi connectivity index (χ0n) is 10.7. The van der Waals surface area contributed by atoms with Crippen LogP contribution in [0.2, 0.25) is 0 Å². The van der Waals surface area contributed by atoms with Crippen molar-refractivity contribution in [3.8, 4) is 0 Å². The lowest BCUT2D eigenvalue weighted by Gasteiger charge is -2.25. The summed E-state index contributed by atoms with van der Waals surface area (Å²) in [5.41, 5.74) is 0. The first-order chi connectivity index (χ1) is 8.36. The van der Waals surface area contributed by atoms with Gasteiger partial charge in [-0.05, 0) is 67.8 Å². The summed E-state index contributed by atoms with van der Waals surface area (Å²) in [6, 6.07) is 5.21. The molecule has 1 aromatic heterocycles. The molecule has 0 amide bonds. The second-order valence-corrected chi connectivity index (χ2v) is 6.86. The van der Waals surface area contributed by atoms with Gasteiger partial charge in [-0.3, -0.25) is 0 Å². The fraction of sp³-hybridized carbons (Fsp3) is 0.733. The number of nitrogens with one attached hydrogen (secondary N) is 1. The molecule has 3 atom stereocenters. The van der Waals surface area contributed by atoms with Gasteiger partial charge in [0.25, 0.3) is 0 Å². The second-order valence-electron chi connectivity index (χ2n) is 5.83. The molecule has 1 N–H and O–H groups in total. The zero-order chi connectivity index (χ0) is 11.7. The monoisotopic (exact) mass is 249 g/mol. The Hall–Kier alpha value is -0.340. The number of fused-ring (bicyclic) bond motifs is 1. The van der Waals surface area contributed by atoms with Crippen LogP contribution in [0.3, 0.4) is 0 Å². The Morgan fingerprint density at radius 2 is 2.18 bits per heavy atom. The van der Waals surface area contributed by atoms with E-state index in [9.17, 15) is 0 Å². The van der Waals surface area contributed by atoms with Crippen LogP contribution < -0.4 is 5.32 Å². The summed E-state index contributed by atoms with van der Waals surface area (Å²) in [6.07, 6.45) is 7.03. The molecule has 0 aliphatic heterocycles. The van der Waals surface area contributed by atoms with E-state index in [0.29, 0.717) is 0 Å². The molecule has 0 aromatic carbocycles. The van der Waals surface area contributed by atoms with E-state index in [0.717, 1.165) is 23.8 Å². The number of hydrogen-bond acceptors (Lipinski definition) is 2.